The predicted molar refractivity (Wildman–Crippen MR) is 70.0 cm³/mol. The zero-order valence-electron chi connectivity index (χ0n) is 10.6. The van der Waals surface area contributed by atoms with Gasteiger partial charge in [-0.25, -0.2) is 4.79 Å². The van der Waals surface area contributed by atoms with Crippen molar-refractivity contribution in [2.75, 3.05) is 17.7 Å². The van der Waals surface area contributed by atoms with E-state index in [-0.39, 0.29) is 29.2 Å². The van der Waals surface area contributed by atoms with Crippen LogP contribution in [0.1, 0.15) is 23.7 Å². The molecule has 0 spiro atoms. The average Bonchev–Trinajstić information content (AvgIpc) is 2.77. The van der Waals surface area contributed by atoms with Gasteiger partial charge in [0.25, 0.3) is 0 Å². The smallest absolute Gasteiger partial charge is 0.337 e. The van der Waals surface area contributed by atoms with E-state index in [9.17, 15) is 9.59 Å². The fourth-order valence-electron chi connectivity index (χ4n) is 2.15. The minimum atomic E-state index is -1.13. The number of nitrogens with one attached hydrogen (secondary N) is 1. The second-order valence-corrected chi connectivity index (χ2v) is 4.57. The van der Waals surface area contributed by atoms with Crippen LogP contribution in [-0.2, 0) is 9.53 Å². The Hall–Kier alpha value is -2.08. The lowest BCUT2D eigenvalue weighted by molar-refractivity contribution is -0.121. The first-order valence-electron chi connectivity index (χ1n) is 6.04. The van der Waals surface area contributed by atoms with Crippen molar-refractivity contribution < 1.29 is 19.4 Å². The third-order valence-corrected chi connectivity index (χ3v) is 3.24. The Bertz CT molecular complexity index is 515. The van der Waals surface area contributed by atoms with Crippen molar-refractivity contribution in [3.8, 4) is 0 Å². The van der Waals surface area contributed by atoms with E-state index in [1.54, 1.807) is 6.07 Å². The maximum atomic E-state index is 12.1. The summed E-state index contributed by atoms with van der Waals surface area (Å²) in [5.41, 5.74) is 6.13. The molecule has 2 unspecified atom stereocenters. The van der Waals surface area contributed by atoms with E-state index in [1.807, 2.05) is 6.92 Å². The van der Waals surface area contributed by atoms with Gasteiger partial charge in [-0.3, -0.25) is 4.79 Å². The van der Waals surface area contributed by atoms with Crippen molar-refractivity contribution in [2.45, 2.75) is 19.4 Å². The summed E-state index contributed by atoms with van der Waals surface area (Å²) in [7, 11) is 0. The molecule has 1 amide bonds. The number of carbonyl (C=O) groups is 2. The zero-order valence-corrected chi connectivity index (χ0v) is 10.6. The number of carboxylic acids is 1. The summed E-state index contributed by atoms with van der Waals surface area (Å²) in [5, 5.41) is 11.7. The molecular weight excluding hydrogens is 248 g/mol. The molecule has 0 aromatic heterocycles. The third-order valence-electron chi connectivity index (χ3n) is 3.24. The minimum absolute atomic E-state index is 0.0140. The Labute approximate surface area is 110 Å². The number of nitrogen functional groups attached to an aromatic ring is 1. The van der Waals surface area contributed by atoms with E-state index < -0.39 is 5.97 Å². The van der Waals surface area contributed by atoms with Crippen LogP contribution in [-0.4, -0.2) is 29.7 Å². The van der Waals surface area contributed by atoms with Crippen LogP contribution in [0.5, 0.6) is 0 Å². The molecule has 4 N–H and O–H groups in total. The highest BCUT2D eigenvalue weighted by atomic mass is 16.5. The Balaban J connectivity index is 2.19. The van der Waals surface area contributed by atoms with Crippen molar-refractivity contribution in [1.82, 2.24) is 0 Å². The molecule has 0 saturated carbocycles. The Kier molecular flexibility index (Phi) is 3.71. The Morgan fingerprint density at radius 3 is 2.79 bits per heavy atom. The zero-order chi connectivity index (χ0) is 14.0. The normalized spacial score (nSPS) is 22.2. The fourth-order valence-corrected chi connectivity index (χ4v) is 2.15. The highest BCUT2D eigenvalue weighted by Gasteiger charge is 2.31. The largest absolute Gasteiger partial charge is 0.478 e. The molecule has 102 valence electrons. The first kappa shape index (κ1) is 13.4. The third kappa shape index (κ3) is 2.85. The first-order chi connectivity index (χ1) is 8.99. The van der Waals surface area contributed by atoms with Crippen molar-refractivity contribution in [1.29, 1.82) is 0 Å². The molecule has 1 aromatic carbocycles. The molecule has 2 rings (SSSR count). The monoisotopic (exact) mass is 264 g/mol. The number of anilines is 2. The van der Waals surface area contributed by atoms with Crippen LogP contribution in [0.4, 0.5) is 11.4 Å². The van der Waals surface area contributed by atoms with E-state index in [1.165, 1.54) is 12.1 Å². The van der Waals surface area contributed by atoms with E-state index in [2.05, 4.69) is 5.32 Å². The number of carbonyl (C=O) groups excluding carboxylic acids is 1. The molecule has 0 radical (unpaired) electrons. The van der Waals surface area contributed by atoms with Gasteiger partial charge in [-0.1, -0.05) is 0 Å². The van der Waals surface area contributed by atoms with Gasteiger partial charge in [0.1, 0.15) is 0 Å². The summed E-state index contributed by atoms with van der Waals surface area (Å²) >= 11 is 0. The van der Waals surface area contributed by atoms with Crippen LogP contribution in [0.15, 0.2) is 18.2 Å². The molecule has 1 aliphatic heterocycles. The average molecular weight is 264 g/mol. The molecule has 0 bridgehead atoms. The molecule has 6 nitrogen and oxygen atoms in total. The van der Waals surface area contributed by atoms with Gasteiger partial charge < -0.3 is 20.9 Å². The van der Waals surface area contributed by atoms with Crippen molar-refractivity contribution >= 4 is 23.3 Å². The molecule has 1 saturated heterocycles. The molecule has 6 heteroatoms. The van der Waals surface area contributed by atoms with E-state index in [4.69, 9.17) is 15.6 Å². The molecule has 2 atom stereocenters. The summed E-state index contributed by atoms with van der Waals surface area (Å²) in [4.78, 5) is 23.2. The number of benzene rings is 1. The lowest BCUT2D eigenvalue weighted by Crippen LogP contribution is -2.28. The molecule has 1 fully saturated rings. The van der Waals surface area contributed by atoms with Gasteiger partial charge in [-0.2, -0.15) is 0 Å². The number of nitrogens with two attached hydrogens (primary N) is 1. The number of amides is 1. The van der Waals surface area contributed by atoms with Crippen LogP contribution < -0.4 is 11.1 Å². The van der Waals surface area contributed by atoms with Crippen LogP contribution >= 0.6 is 0 Å². The van der Waals surface area contributed by atoms with E-state index in [0.29, 0.717) is 18.7 Å². The molecule has 1 heterocycles. The first-order valence-corrected chi connectivity index (χ1v) is 6.04. The minimum Gasteiger partial charge on any atom is -0.478 e. The van der Waals surface area contributed by atoms with Crippen LogP contribution in [0.2, 0.25) is 0 Å². The fraction of sp³-hybridized carbons (Fsp3) is 0.385. The quantitative estimate of drug-likeness (QED) is 0.715. The number of aromatic carboxylic acids is 1. The number of hydrogen-bond donors (Lipinski definition) is 3. The van der Waals surface area contributed by atoms with Gasteiger partial charge in [-0.15, -0.1) is 0 Å². The number of carboxylic acid groups (broad SMARTS) is 1. The predicted octanol–water partition coefficient (Wildman–Crippen LogP) is 1.33. The van der Waals surface area contributed by atoms with Gasteiger partial charge >= 0.3 is 5.97 Å². The highest BCUT2D eigenvalue weighted by molar-refractivity contribution is 6.02. The van der Waals surface area contributed by atoms with Gasteiger partial charge in [0, 0.05) is 12.3 Å². The Morgan fingerprint density at radius 2 is 2.21 bits per heavy atom. The van der Waals surface area contributed by atoms with Crippen molar-refractivity contribution in [3.05, 3.63) is 23.8 Å². The summed E-state index contributed by atoms with van der Waals surface area (Å²) in [6.07, 6.45) is 0.492. The van der Waals surface area contributed by atoms with Crippen LogP contribution in [0.3, 0.4) is 0 Å². The van der Waals surface area contributed by atoms with E-state index >= 15 is 0 Å². The lowest BCUT2D eigenvalue weighted by atomic mass is 10.0. The topological polar surface area (TPSA) is 102 Å². The summed E-state index contributed by atoms with van der Waals surface area (Å²) < 4.78 is 5.32. The van der Waals surface area contributed by atoms with Gasteiger partial charge in [0.2, 0.25) is 5.91 Å². The molecule has 19 heavy (non-hydrogen) atoms. The molecule has 1 aromatic rings. The van der Waals surface area contributed by atoms with Gasteiger partial charge in [-0.05, 0) is 31.5 Å². The second-order valence-electron chi connectivity index (χ2n) is 4.57. The Morgan fingerprint density at radius 1 is 1.47 bits per heavy atom. The number of ether oxygens (including phenoxy) is 1. The summed E-state index contributed by atoms with van der Waals surface area (Å²) in [6, 6.07) is 4.38. The molecular formula is C13H16N2O4. The summed E-state index contributed by atoms with van der Waals surface area (Å²) in [5.74, 6) is -1.60. The van der Waals surface area contributed by atoms with E-state index in [0.717, 1.165) is 0 Å². The van der Waals surface area contributed by atoms with Crippen molar-refractivity contribution in [3.63, 3.8) is 0 Å². The number of hydrogen-bond acceptors (Lipinski definition) is 4. The van der Waals surface area contributed by atoms with Gasteiger partial charge in [0.15, 0.2) is 0 Å². The summed E-state index contributed by atoms with van der Waals surface area (Å²) in [6.45, 7) is 2.38. The lowest BCUT2D eigenvalue weighted by Gasteiger charge is -2.15. The van der Waals surface area contributed by atoms with Crippen LogP contribution in [0, 0.1) is 5.92 Å². The van der Waals surface area contributed by atoms with Crippen molar-refractivity contribution in [2.24, 2.45) is 5.92 Å². The highest BCUT2D eigenvalue weighted by Crippen LogP contribution is 2.24. The van der Waals surface area contributed by atoms with Gasteiger partial charge in [0.05, 0.1) is 23.3 Å². The molecule has 0 aliphatic carbocycles. The second kappa shape index (κ2) is 5.27. The number of rotatable bonds is 3. The molecule has 1 aliphatic rings. The SMILES string of the molecule is CC1OCCC1C(=O)Nc1ccc(N)cc1C(=O)O. The maximum absolute atomic E-state index is 12.1. The van der Waals surface area contributed by atoms with Crippen LogP contribution in [0.25, 0.3) is 0 Å². The maximum Gasteiger partial charge on any atom is 0.337 e. The standard InChI is InChI=1S/C13H16N2O4/c1-7-9(4-5-19-7)12(16)15-11-3-2-8(14)6-10(11)13(17)18/h2-3,6-7,9H,4-5,14H2,1H3,(H,15,16)(H,17,18).